The van der Waals surface area contributed by atoms with Crippen LogP contribution in [0.2, 0.25) is 0 Å². The lowest BCUT2D eigenvalue weighted by molar-refractivity contribution is -0.136. The molecule has 2 atom stereocenters. The Hall–Kier alpha value is -4.27. The van der Waals surface area contributed by atoms with E-state index < -0.39 is 11.8 Å². The molecule has 0 bridgehead atoms. The maximum Gasteiger partial charge on any atom is 0.314 e. The molecule has 9 heteroatoms. The number of nitrogens with one attached hydrogen (secondary N) is 2. The monoisotopic (exact) mass is 483 g/mol. The molecule has 0 radical (unpaired) electrons. The van der Waals surface area contributed by atoms with E-state index >= 15 is 0 Å². The second-order valence-corrected chi connectivity index (χ2v) is 9.53. The lowest BCUT2D eigenvalue weighted by atomic mass is 9.99. The number of allylic oxidation sites excluding steroid dienone is 1. The number of nitrogens with two attached hydrogens (primary N) is 2. The third kappa shape index (κ3) is 5.35. The van der Waals surface area contributed by atoms with Crippen molar-refractivity contribution in [1.29, 1.82) is 0 Å². The molecule has 2 unspecified atom stereocenters. The summed E-state index contributed by atoms with van der Waals surface area (Å²) in [7, 11) is 0. The third-order valence-corrected chi connectivity index (χ3v) is 6.62. The van der Waals surface area contributed by atoms with Crippen LogP contribution in [0.5, 0.6) is 0 Å². The minimum absolute atomic E-state index is 0.0536. The summed E-state index contributed by atoms with van der Waals surface area (Å²) >= 11 is 0. The van der Waals surface area contributed by atoms with Crippen LogP contribution < -0.4 is 22.1 Å². The van der Waals surface area contributed by atoms with Crippen LogP contribution in [0.4, 0.5) is 11.5 Å². The molecule has 6 N–H and O–H groups in total. The molecule has 0 spiro atoms. The summed E-state index contributed by atoms with van der Waals surface area (Å²) in [4.78, 5) is 37.9. The van der Waals surface area contributed by atoms with Gasteiger partial charge in [-0.1, -0.05) is 0 Å². The largest absolute Gasteiger partial charge is 0.404 e. The Labute approximate surface area is 209 Å². The number of hydrogen-bond donors (Lipinski definition) is 4. The predicted octanol–water partition coefficient (Wildman–Crippen LogP) is 3.10. The number of anilines is 2. The average Bonchev–Trinajstić information content (AvgIpc) is 3.79. The van der Waals surface area contributed by atoms with Crippen molar-refractivity contribution >= 4 is 40.3 Å². The van der Waals surface area contributed by atoms with Crippen LogP contribution >= 0.6 is 0 Å². The topological polar surface area (TPSA) is 148 Å². The number of nitrogens with zero attached hydrogens (tertiary/aromatic N) is 3. The Morgan fingerprint density at radius 3 is 2.78 bits per heavy atom. The van der Waals surface area contributed by atoms with Crippen LogP contribution in [0.1, 0.15) is 31.2 Å². The molecule has 2 amide bonds. The summed E-state index contributed by atoms with van der Waals surface area (Å²) in [5.74, 6) is -0.921. The molecular weight excluding hydrogens is 454 g/mol. The van der Waals surface area contributed by atoms with Gasteiger partial charge in [0.1, 0.15) is 5.82 Å². The standard InChI is InChI=1S/C27H29N7O2/c1-15-4-5-30-13-21(15)17-7-18-10-25(32-14-22(18)23(29)8-17)34-27(36)26(35)33-24-9-19(24)6-16(11-28)12-31-20-2-3-20/h4-5,7-8,10-14,19-20,24H,2-3,6,9,28-29H2,1H3,(H,33,35)(H,32,34,36). The molecule has 2 fully saturated rings. The molecule has 5 rings (SSSR count). The number of carbonyl (C=O) groups is 2. The van der Waals surface area contributed by atoms with E-state index in [1.165, 1.54) is 0 Å². The Kier molecular flexibility index (Phi) is 6.37. The number of fused-ring (bicyclic) bond motifs is 1. The third-order valence-electron chi connectivity index (χ3n) is 6.62. The van der Waals surface area contributed by atoms with Crippen LogP contribution in [-0.4, -0.2) is 40.1 Å². The highest BCUT2D eigenvalue weighted by atomic mass is 16.2. The molecule has 0 saturated heterocycles. The van der Waals surface area contributed by atoms with Crippen molar-refractivity contribution in [2.45, 2.75) is 44.7 Å². The molecule has 1 aromatic carbocycles. The SMILES string of the molecule is Cc1ccncc1-c1cc(N)c2cnc(NC(=O)C(=O)NC3CC3CC(C=NC3CC3)=CN)cc2c1. The van der Waals surface area contributed by atoms with Gasteiger partial charge in [-0.25, -0.2) is 4.98 Å². The second-order valence-electron chi connectivity index (χ2n) is 9.53. The Balaban J connectivity index is 1.22. The van der Waals surface area contributed by atoms with Crippen molar-refractivity contribution in [3.63, 3.8) is 0 Å². The van der Waals surface area contributed by atoms with Gasteiger partial charge in [0.05, 0.1) is 6.04 Å². The summed E-state index contributed by atoms with van der Waals surface area (Å²) in [5, 5.41) is 6.95. The average molecular weight is 484 g/mol. The van der Waals surface area contributed by atoms with Crippen molar-refractivity contribution in [3.05, 3.63) is 60.2 Å². The number of nitrogen functional groups attached to an aromatic ring is 1. The molecule has 0 aliphatic heterocycles. The number of benzene rings is 1. The van der Waals surface area contributed by atoms with Crippen LogP contribution in [0.15, 0.2) is 59.6 Å². The second kappa shape index (κ2) is 9.77. The van der Waals surface area contributed by atoms with Crippen molar-refractivity contribution in [1.82, 2.24) is 15.3 Å². The van der Waals surface area contributed by atoms with Gasteiger partial charge in [0, 0.05) is 47.5 Å². The molecule has 36 heavy (non-hydrogen) atoms. The number of amides is 2. The molecule has 3 aromatic rings. The van der Waals surface area contributed by atoms with E-state index in [-0.39, 0.29) is 17.8 Å². The zero-order valence-electron chi connectivity index (χ0n) is 20.1. The van der Waals surface area contributed by atoms with E-state index in [1.807, 2.05) is 31.3 Å². The number of aliphatic imine (C=N–C) groups is 1. The van der Waals surface area contributed by atoms with E-state index in [9.17, 15) is 9.59 Å². The maximum atomic E-state index is 12.5. The van der Waals surface area contributed by atoms with E-state index in [0.717, 1.165) is 58.7 Å². The first-order valence-corrected chi connectivity index (χ1v) is 12.1. The Morgan fingerprint density at radius 1 is 1.19 bits per heavy atom. The lowest BCUT2D eigenvalue weighted by Gasteiger charge is -2.11. The van der Waals surface area contributed by atoms with Gasteiger partial charge in [0.15, 0.2) is 0 Å². The van der Waals surface area contributed by atoms with E-state index in [0.29, 0.717) is 11.7 Å². The van der Waals surface area contributed by atoms with E-state index in [1.54, 1.807) is 30.9 Å². The molecule has 9 nitrogen and oxygen atoms in total. The van der Waals surface area contributed by atoms with Crippen molar-refractivity contribution in [2.24, 2.45) is 16.6 Å². The summed E-state index contributed by atoms with van der Waals surface area (Å²) in [6, 6.07) is 7.88. The zero-order chi connectivity index (χ0) is 25.2. The summed E-state index contributed by atoms with van der Waals surface area (Å²) < 4.78 is 0. The van der Waals surface area contributed by atoms with Gasteiger partial charge in [0.2, 0.25) is 0 Å². The van der Waals surface area contributed by atoms with E-state index in [2.05, 4.69) is 25.6 Å². The molecule has 2 aliphatic rings. The van der Waals surface area contributed by atoms with Crippen LogP contribution in [0, 0.1) is 12.8 Å². The number of pyridine rings is 2. The van der Waals surface area contributed by atoms with Crippen molar-refractivity contribution in [2.75, 3.05) is 11.1 Å². The number of aryl methyl sites for hydroxylation is 1. The van der Waals surface area contributed by atoms with Crippen molar-refractivity contribution in [3.8, 4) is 11.1 Å². The first kappa shape index (κ1) is 23.5. The molecule has 2 aromatic heterocycles. The minimum atomic E-state index is -0.760. The number of hydrogen-bond acceptors (Lipinski definition) is 7. The fourth-order valence-electron chi connectivity index (χ4n) is 4.22. The Morgan fingerprint density at radius 2 is 2.03 bits per heavy atom. The van der Waals surface area contributed by atoms with Gasteiger partial charge in [-0.3, -0.25) is 19.6 Å². The van der Waals surface area contributed by atoms with Gasteiger partial charge < -0.3 is 22.1 Å². The maximum absolute atomic E-state index is 12.5. The summed E-state index contributed by atoms with van der Waals surface area (Å²) in [6.07, 6.45) is 12.3. The smallest absolute Gasteiger partial charge is 0.314 e. The van der Waals surface area contributed by atoms with Gasteiger partial charge in [-0.05, 0) is 91.1 Å². The van der Waals surface area contributed by atoms with Crippen LogP contribution in [0.25, 0.3) is 21.9 Å². The number of carbonyl (C=O) groups excluding carboxylic acids is 2. The lowest BCUT2D eigenvalue weighted by Crippen LogP contribution is -2.37. The first-order valence-electron chi connectivity index (χ1n) is 12.1. The molecule has 2 heterocycles. The van der Waals surface area contributed by atoms with Gasteiger partial charge >= 0.3 is 11.8 Å². The fourth-order valence-corrected chi connectivity index (χ4v) is 4.22. The van der Waals surface area contributed by atoms with Crippen LogP contribution in [-0.2, 0) is 9.59 Å². The highest BCUT2D eigenvalue weighted by molar-refractivity contribution is 6.39. The van der Waals surface area contributed by atoms with Gasteiger partial charge in [-0.2, -0.15) is 0 Å². The molecule has 184 valence electrons. The van der Waals surface area contributed by atoms with Crippen molar-refractivity contribution < 1.29 is 9.59 Å². The normalized spacial score (nSPS) is 19.4. The highest BCUT2D eigenvalue weighted by Crippen LogP contribution is 2.36. The van der Waals surface area contributed by atoms with E-state index in [4.69, 9.17) is 11.5 Å². The highest BCUT2D eigenvalue weighted by Gasteiger charge is 2.39. The van der Waals surface area contributed by atoms with Crippen LogP contribution in [0.3, 0.4) is 0 Å². The number of rotatable bonds is 7. The predicted molar refractivity (Wildman–Crippen MR) is 141 cm³/mol. The summed E-state index contributed by atoms with van der Waals surface area (Å²) in [6.45, 7) is 2.01. The molecule has 2 aliphatic carbocycles. The minimum Gasteiger partial charge on any atom is -0.404 e. The molecular formula is C27H29N7O2. The fraction of sp³-hybridized carbons (Fsp3) is 0.296. The number of aromatic nitrogens is 2. The van der Waals surface area contributed by atoms with Gasteiger partial charge in [0.25, 0.3) is 0 Å². The first-order chi connectivity index (χ1) is 17.4. The quantitative estimate of drug-likeness (QED) is 0.231. The Bertz CT molecular complexity index is 1390. The zero-order valence-corrected chi connectivity index (χ0v) is 20.1. The molecule has 2 saturated carbocycles. The van der Waals surface area contributed by atoms with Gasteiger partial charge in [-0.15, -0.1) is 0 Å². The summed E-state index contributed by atoms with van der Waals surface area (Å²) in [5.41, 5.74) is 16.5.